The highest BCUT2D eigenvalue weighted by Crippen LogP contribution is 2.33. The fourth-order valence-corrected chi connectivity index (χ4v) is 4.91. The van der Waals surface area contributed by atoms with Crippen molar-refractivity contribution in [3.8, 4) is 0 Å². The molecule has 2 nitrogen and oxygen atoms in total. The van der Waals surface area contributed by atoms with Gasteiger partial charge in [0.2, 0.25) is 0 Å². The lowest BCUT2D eigenvalue weighted by Crippen LogP contribution is -2.16. The Hall–Kier alpha value is -2.00. The molecule has 230 valence electrons. The van der Waals surface area contributed by atoms with Gasteiger partial charge in [-0.3, -0.25) is 9.97 Å². The maximum absolute atomic E-state index is 4.52. The first-order valence-electron chi connectivity index (χ1n) is 15.2. The van der Waals surface area contributed by atoms with Crippen molar-refractivity contribution in [1.82, 2.24) is 9.97 Å². The third-order valence-electron chi connectivity index (χ3n) is 7.00. The van der Waals surface area contributed by atoms with Crippen LogP contribution in [-0.2, 0) is 32.5 Å². The van der Waals surface area contributed by atoms with Gasteiger partial charge in [0.15, 0.2) is 0 Å². The van der Waals surface area contributed by atoms with Crippen LogP contribution < -0.4 is 0 Å². The number of hydrogen-bond acceptors (Lipinski definition) is 3. The highest BCUT2D eigenvalue weighted by atomic mass is 32.1. The fourth-order valence-electron chi connectivity index (χ4n) is 3.69. The van der Waals surface area contributed by atoms with Crippen LogP contribution >= 0.6 is 11.3 Å². The zero-order valence-electron chi connectivity index (χ0n) is 29.9. The van der Waals surface area contributed by atoms with E-state index in [0.717, 1.165) is 11.4 Å². The van der Waals surface area contributed by atoms with Gasteiger partial charge in [0, 0.05) is 39.5 Å². The molecule has 3 rings (SSSR count). The number of thiophene rings is 1. The molecule has 0 saturated carbocycles. The van der Waals surface area contributed by atoms with E-state index in [-0.39, 0.29) is 21.7 Å². The number of aromatic nitrogens is 2. The van der Waals surface area contributed by atoms with Crippen LogP contribution in [0, 0.1) is 0 Å². The Labute approximate surface area is 258 Å². The van der Waals surface area contributed by atoms with Gasteiger partial charge in [-0.25, -0.2) is 0 Å². The largest absolute Gasteiger partial charge is 0.260 e. The van der Waals surface area contributed by atoms with Crippen LogP contribution in [0.3, 0.4) is 0 Å². The zero-order valence-corrected chi connectivity index (χ0v) is 30.7. The molecule has 0 aliphatic rings. The lowest BCUT2D eigenvalue weighted by atomic mass is 9.86. The van der Waals surface area contributed by atoms with E-state index in [4.69, 9.17) is 0 Å². The third-order valence-corrected chi connectivity index (χ3v) is 8.36. The Kier molecular flexibility index (Phi) is 11.8. The van der Waals surface area contributed by atoms with Gasteiger partial charge in [-0.15, -0.1) is 11.3 Å². The Balaban J connectivity index is 0.000000308. The van der Waals surface area contributed by atoms with Gasteiger partial charge in [0.25, 0.3) is 0 Å². The van der Waals surface area contributed by atoms with Crippen molar-refractivity contribution in [2.24, 2.45) is 0 Å². The van der Waals surface area contributed by atoms with Gasteiger partial charge >= 0.3 is 0 Å². The van der Waals surface area contributed by atoms with Crippen LogP contribution in [0.5, 0.6) is 0 Å². The first-order chi connectivity index (χ1) is 18.1. The normalized spacial score (nSPS) is 13.1. The maximum atomic E-state index is 4.52. The zero-order chi connectivity index (χ0) is 32.2. The van der Waals surface area contributed by atoms with Gasteiger partial charge < -0.3 is 0 Å². The summed E-state index contributed by atoms with van der Waals surface area (Å²) in [4.78, 5) is 10.5. The fraction of sp³-hybridized carbons (Fsp3) is 0.632. The minimum Gasteiger partial charge on any atom is -0.260 e. The van der Waals surface area contributed by atoms with Gasteiger partial charge in [0.1, 0.15) is 0 Å². The van der Waals surface area contributed by atoms with E-state index < -0.39 is 0 Å². The maximum Gasteiger partial charge on any atom is 0.0457 e. The molecule has 41 heavy (non-hydrogen) atoms. The lowest BCUT2D eigenvalue weighted by molar-refractivity contribution is 0.556. The molecule has 3 aromatic heterocycles. The Morgan fingerprint density at radius 1 is 0.415 bits per heavy atom. The number of nitrogens with zero attached hydrogens (tertiary/aromatic N) is 2. The molecule has 3 aromatic rings. The Bertz CT molecular complexity index is 1020. The summed E-state index contributed by atoms with van der Waals surface area (Å²) < 4.78 is 0. The molecule has 0 atom stereocenters. The van der Waals surface area contributed by atoms with Crippen molar-refractivity contribution < 1.29 is 0 Å². The SMILES string of the molecule is CC(C)(C)c1ccc(C(C)(C)C)nc1.CC(C)(C)c1ccc(C(C)(C)C)nc1.CC(C)(C)c1csc(C(C)(C)C)c1. The van der Waals surface area contributed by atoms with Crippen molar-refractivity contribution in [2.45, 2.75) is 157 Å². The summed E-state index contributed by atoms with van der Waals surface area (Å²) >= 11 is 1.88. The number of pyridine rings is 2. The van der Waals surface area contributed by atoms with Crippen LogP contribution in [0.25, 0.3) is 0 Å². The monoisotopic (exact) mass is 578 g/mol. The van der Waals surface area contributed by atoms with Gasteiger partial charge in [-0.2, -0.15) is 0 Å². The van der Waals surface area contributed by atoms with E-state index >= 15 is 0 Å². The molecule has 0 amide bonds. The molecule has 0 bridgehead atoms. The van der Waals surface area contributed by atoms with Gasteiger partial charge in [-0.05, 0) is 61.9 Å². The Morgan fingerprint density at radius 2 is 0.756 bits per heavy atom. The molecule has 0 unspecified atom stereocenters. The smallest absolute Gasteiger partial charge is 0.0457 e. The van der Waals surface area contributed by atoms with E-state index in [0.29, 0.717) is 10.8 Å². The standard InChI is InChI=1S/2C13H21N.C12H20S/c2*1-12(2,3)10-7-8-11(14-9-10)13(4,5)6;1-11(2,3)9-7-10(13-8-9)12(4,5)6/h2*7-9H,1-6H3;7-8H,1-6H3. The van der Waals surface area contributed by atoms with E-state index in [1.165, 1.54) is 21.6 Å². The predicted molar refractivity (Wildman–Crippen MR) is 185 cm³/mol. The summed E-state index contributed by atoms with van der Waals surface area (Å²) in [5, 5.41) is 2.29. The number of hydrogen-bond donors (Lipinski definition) is 0. The molecule has 0 aliphatic carbocycles. The third kappa shape index (κ3) is 12.4. The highest BCUT2D eigenvalue weighted by Gasteiger charge is 2.21. The minimum absolute atomic E-state index is 0.149. The van der Waals surface area contributed by atoms with Gasteiger partial charge in [0.05, 0.1) is 0 Å². The summed E-state index contributed by atoms with van der Waals surface area (Å²) in [5.41, 5.74) is 7.66. The molecule has 0 radical (unpaired) electrons. The van der Waals surface area contributed by atoms with Gasteiger partial charge in [-0.1, -0.05) is 137 Å². The molecule has 0 aliphatic heterocycles. The Morgan fingerprint density at radius 3 is 0.927 bits per heavy atom. The van der Waals surface area contributed by atoms with E-state index in [2.05, 4.69) is 170 Å². The summed E-state index contributed by atoms with van der Waals surface area (Å²) in [7, 11) is 0. The van der Waals surface area contributed by atoms with Crippen molar-refractivity contribution in [3.05, 3.63) is 81.1 Å². The molecule has 0 spiro atoms. The van der Waals surface area contributed by atoms with E-state index in [1.807, 2.05) is 23.7 Å². The highest BCUT2D eigenvalue weighted by molar-refractivity contribution is 7.10. The van der Waals surface area contributed by atoms with Crippen LogP contribution in [0.4, 0.5) is 0 Å². The average molecular weight is 579 g/mol. The topological polar surface area (TPSA) is 25.8 Å². The quantitative estimate of drug-likeness (QED) is 0.265. The molecule has 0 saturated heterocycles. The van der Waals surface area contributed by atoms with Crippen molar-refractivity contribution in [3.63, 3.8) is 0 Å². The summed E-state index contributed by atoms with van der Waals surface area (Å²) in [6.07, 6.45) is 4.00. The average Bonchev–Trinajstić information content (AvgIpc) is 3.30. The van der Waals surface area contributed by atoms with Crippen LogP contribution in [0.15, 0.2) is 48.1 Å². The second kappa shape index (κ2) is 13.1. The van der Waals surface area contributed by atoms with Crippen LogP contribution in [-0.4, -0.2) is 9.97 Å². The first kappa shape index (κ1) is 37.0. The molecular weight excluding hydrogens is 516 g/mol. The molecule has 0 aromatic carbocycles. The van der Waals surface area contributed by atoms with Crippen molar-refractivity contribution in [2.75, 3.05) is 0 Å². The van der Waals surface area contributed by atoms with Crippen LogP contribution in [0.1, 0.15) is 158 Å². The predicted octanol–water partition coefficient (Wildman–Crippen LogP) is 11.7. The summed E-state index contributed by atoms with van der Waals surface area (Å²) in [6.45, 7) is 40.0. The second-order valence-electron chi connectivity index (χ2n) is 17.6. The van der Waals surface area contributed by atoms with Crippen LogP contribution in [0.2, 0.25) is 0 Å². The molecule has 0 fully saturated rings. The second-order valence-corrected chi connectivity index (χ2v) is 18.5. The first-order valence-corrected chi connectivity index (χ1v) is 16.0. The summed E-state index contributed by atoms with van der Waals surface area (Å²) in [6, 6.07) is 11.0. The summed E-state index contributed by atoms with van der Waals surface area (Å²) in [5.74, 6) is 0. The van der Waals surface area contributed by atoms with Crippen molar-refractivity contribution >= 4 is 11.3 Å². The minimum atomic E-state index is 0.149. The number of rotatable bonds is 0. The molecule has 3 heteroatoms. The van der Waals surface area contributed by atoms with E-state index in [1.54, 1.807) is 0 Å². The van der Waals surface area contributed by atoms with E-state index in [9.17, 15) is 0 Å². The molecule has 3 heterocycles. The van der Waals surface area contributed by atoms with Crippen molar-refractivity contribution in [1.29, 1.82) is 0 Å². The molecular formula is C38H62N2S. The molecule has 0 N–H and O–H groups in total. The lowest BCUT2D eigenvalue weighted by Gasteiger charge is -2.22.